The number of carbonyl (C=O) groups is 1. The van der Waals surface area contributed by atoms with E-state index in [1.807, 2.05) is 35.2 Å². The molecule has 2 aromatic rings. The van der Waals surface area contributed by atoms with E-state index in [1.165, 1.54) is 5.56 Å². The van der Waals surface area contributed by atoms with Crippen molar-refractivity contribution in [2.24, 2.45) is 5.92 Å². The number of ether oxygens (including phenoxy) is 1. The Morgan fingerprint density at radius 2 is 2.08 bits per heavy atom. The zero-order chi connectivity index (χ0) is 18.4. The average Bonchev–Trinajstić information content (AvgIpc) is 2.68. The number of methoxy groups -OCH3 is 1. The molecule has 5 nitrogen and oxygen atoms in total. The molecule has 0 unspecified atom stereocenters. The number of rotatable bonds is 6. The minimum absolute atomic E-state index is 0.0355. The van der Waals surface area contributed by atoms with Crippen LogP contribution >= 0.6 is 0 Å². The Bertz CT molecular complexity index is 740. The first-order valence-electron chi connectivity index (χ1n) is 9.28. The second kappa shape index (κ2) is 8.70. The number of nitrogens with zero attached hydrogens (tertiary/aromatic N) is 2. The molecule has 0 aliphatic carbocycles. The maximum Gasteiger partial charge on any atom is 0.272 e. The van der Waals surface area contributed by atoms with Gasteiger partial charge in [0.1, 0.15) is 11.4 Å². The van der Waals surface area contributed by atoms with Crippen LogP contribution in [0.25, 0.3) is 0 Å². The summed E-state index contributed by atoms with van der Waals surface area (Å²) in [4.78, 5) is 18.8. The summed E-state index contributed by atoms with van der Waals surface area (Å²) in [6.45, 7) is 4.68. The lowest BCUT2D eigenvalue weighted by molar-refractivity contribution is 0.0691. The van der Waals surface area contributed by atoms with Crippen molar-refractivity contribution in [1.82, 2.24) is 9.88 Å². The molecule has 3 rings (SSSR count). The smallest absolute Gasteiger partial charge is 0.272 e. The third-order valence-corrected chi connectivity index (χ3v) is 4.93. The molecule has 0 saturated carbocycles. The Morgan fingerprint density at radius 1 is 1.27 bits per heavy atom. The zero-order valence-electron chi connectivity index (χ0n) is 15.6. The van der Waals surface area contributed by atoms with Gasteiger partial charge in [0.2, 0.25) is 0 Å². The number of nitrogens with one attached hydrogen (secondary N) is 1. The Morgan fingerprint density at radius 3 is 2.85 bits per heavy atom. The minimum Gasteiger partial charge on any atom is -0.497 e. The first-order valence-corrected chi connectivity index (χ1v) is 9.28. The fraction of sp³-hybridized carbons (Fsp3) is 0.429. The number of pyridine rings is 1. The summed E-state index contributed by atoms with van der Waals surface area (Å²) in [6.07, 6.45) is 4.73. The van der Waals surface area contributed by atoms with Crippen LogP contribution in [0.3, 0.4) is 0 Å². The second-order valence-electron chi connectivity index (χ2n) is 6.93. The summed E-state index contributed by atoms with van der Waals surface area (Å²) in [5.74, 6) is 1.61. The molecule has 1 aromatic carbocycles. The first kappa shape index (κ1) is 18.2. The highest BCUT2D eigenvalue weighted by Crippen LogP contribution is 2.19. The molecule has 0 bridgehead atoms. The number of hydrogen-bond donors (Lipinski definition) is 1. The van der Waals surface area contributed by atoms with E-state index >= 15 is 0 Å². The summed E-state index contributed by atoms with van der Waals surface area (Å²) in [5.41, 5.74) is 2.66. The molecule has 0 radical (unpaired) electrons. The van der Waals surface area contributed by atoms with Gasteiger partial charge in [-0.2, -0.15) is 0 Å². The van der Waals surface area contributed by atoms with Gasteiger partial charge in [-0.15, -0.1) is 0 Å². The maximum atomic E-state index is 12.6. The van der Waals surface area contributed by atoms with Gasteiger partial charge in [0.15, 0.2) is 0 Å². The summed E-state index contributed by atoms with van der Waals surface area (Å²) >= 11 is 0. The molecule has 1 fully saturated rings. The largest absolute Gasteiger partial charge is 0.497 e. The number of anilines is 1. The third-order valence-electron chi connectivity index (χ3n) is 4.93. The second-order valence-corrected chi connectivity index (χ2v) is 6.93. The van der Waals surface area contributed by atoms with E-state index in [1.54, 1.807) is 13.3 Å². The Hall–Kier alpha value is -2.56. The highest BCUT2D eigenvalue weighted by Gasteiger charge is 2.22. The van der Waals surface area contributed by atoms with Gasteiger partial charge >= 0.3 is 0 Å². The van der Waals surface area contributed by atoms with Crippen molar-refractivity contribution in [3.63, 3.8) is 0 Å². The Labute approximate surface area is 155 Å². The van der Waals surface area contributed by atoms with E-state index in [0.717, 1.165) is 50.3 Å². The highest BCUT2D eigenvalue weighted by atomic mass is 16.5. The number of amides is 1. The van der Waals surface area contributed by atoms with Crippen LogP contribution in [-0.4, -0.2) is 42.5 Å². The van der Waals surface area contributed by atoms with Gasteiger partial charge in [0.25, 0.3) is 5.91 Å². The average molecular weight is 353 g/mol. The van der Waals surface area contributed by atoms with Crippen LogP contribution in [0.4, 0.5) is 5.69 Å². The van der Waals surface area contributed by atoms with Gasteiger partial charge in [0, 0.05) is 31.5 Å². The number of hydrogen-bond acceptors (Lipinski definition) is 4. The van der Waals surface area contributed by atoms with Crippen LogP contribution < -0.4 is 10.1 Å². The lowest BCUT2D eigenvalue weighted by Gasteiger charge is -2.30. The van der Waals surface area contributed by atoms with Crippen molar-refractivity contribution in [3.05, 3.63) is 53.9 Å². The summed E-state index contributed by atoms with van der Waals surface area (Å²) in [7, 11) is 1.68. The van der Waals surface area contributed by atoms with Gasteiger partial charge in [-0.3, -0.25) is 9.78 Å². The Balaban J connectivity index is 1.56. The standard InChI is InChI=1S/C21H27N3O2/c1-16-8-12-24(13-9-16)21(25)20-15-18(7-11-23-20)22-10-6-17-4-3-5-19(14-17)26-2/h3-5,7,11,14-16H,6,8-10,12-13H2,1-2H3,(H,22,23). The third kappa shape index (κ3) is 4.75. The maximum absolute atomic E-state index is 12.6. The number of carbonyl (C=O) groups excluding carboxylic acids is 1. The molecule has 26 heavy (non-hydrogen) atoms. The number of piperidine rings is 1. The molecular formula is C21H27N3O2. The van der Waals surface area contributed by atoms with Crippen LogP contribution in [0, 0.1) is 5.92 Å². The predicted octanol–water partition coefficient (Wildman–Crippen LogP) is 3.62. The summed E-state index contributed by atoms with van der Waals surface area (Å²) in [6, 6.07) is 11.8. The number of aromatic nitrogens is 1. The molecule has 2 heterocycles. The molecule has 0 atom stereocenters. The molecule has 1 amide bonds. The molecule has 1 aromatic heterocycles. The molecule has 138 valence electrons. The van der Waals surface area contributed by atoms with Gasteiger partial charge in [-0.1, -0.05) is 19.1 Å². The van der Waals surface area contributed by atoms with Crippen molar-refractivity contribution in [2.75, 3.05) is 32.1 Å². The number of likely N-dealkylation sites (tertiary alicyclic amines) is 1. The summed E-state index contributed by atoms with van der Waals surface area (Å²) < 4.78 is 5.25. The van der Waals surface area contributed by atoms with Gasteiger partial charge in [-0.05, 0) is 55.0 Å². The lowest BCUT2D eigenvalue weighted by atomic mass is 9.99. The SMILES string of the molecule is COc1cccc(CCNc2ccnc(C(=O)N3CCC(C)CC3)c2)c1. The predicted molar refractivity (Wildman–Crippen MR) is 104 cm³/mol. The van der Waals surface area contributed by atoms with Crippen molar-refractivity contribution < 1.29 is 9.53 Å². The first-order chi connectivity index (χ1) is 12.7. The van der Waals surface area contributed by atoms with Crippen molar-refractivity contribution in [3.8, 4) is 5.75 Å². The van der Waals surface area contributed by atoms with Crippen LogP contribution in [0.15, 0.2) is 42.6 Å². The quantitative estimate of drug-likeness (QED) is 0.862. The van der Waals surface area contributed by atoms with Crippen LogP contribution in [0.5, 0.6) is 5.75 Å². The van der Waals surface area contributed by atoms with Crippen molar-refractivity contribution in [2.45, 2.75) is 26.2 Å². The topological polar surface area (TPSA) is 54.5 Å². The summed E-state index contributed by atoms with van der Waals surface area (Å²) in [5, 5.41) is 3.38. The fourth-order valence-electron chi connectivity index (χ4n) is 3.21. The molecular weight excluding hydrogens is 326 g/mol. The molecule has 1 aliphatic rings. The van der Waals surface area contributed by atoms with Crippen molar-refractivity contribution in [1.29, 1.82) is 0 Å². The van der Waals surface area contributed by atoms with Gasteiger partial charge in [-0.25, -0.2) is 0 Å². The van der Waals surface area contributed by atoms with Crippen molar-refractivity contribution >= 4 is 11.6 Å². The molecule has 1 N–H and O–H groups in total. The lowest BCUT2D eigenvalue weighted by Crippen LogP contribution is -2.38. The molecule has 5 heteroatoms. The molecule has 1 saturated heterocycles. The fourth-order valence-corrected chi connectivity index (χ4v) is 3.21. The minimum atomic E-state index is 0.0355. The van der Waals surface area contributed by atoms with E-state index in [0.29, 0.717) is 11.6 Å². The van der Waals surface area contributed by atoms with Crippen LogP contribution in [0.2, 0.25) is 0 Å². The van der Waals surface area contributed by atoms with E-state index < -0.39 is 0 Å². The van der Waals surface area contributed by atoms with Crippen LogP contribution in [-0.2, 0) is 6.42 Å². The van der Waals surface area contributed by atoms with Gasteiger partial charge in [0.05, 0.1) is 7.11 Å². The monoisotopic (exact) mass is 353 g/mol. The van der Waals surface area contributed by atoms with E-state index in [2.05, 4.69) is 23.3 Å². The number of benzene rings is 1. The zero-order valence-corrected chi connectivity index (χ0v) is 15.6. The highest BCUT2D eigenvalue weighted by molar-refractivity contribution is 5.93. The Kier molecular flexibility index (Phi) is 6.10. The normalized spacial score (nSPS) is 14.9. The van der Waals surface area contributed by atoms with Crippen LogP contribution in [0.1, 0.15) is 35.8 Å². The molecule has 1 aliphatic heterocycles. The van der Waals surface area contributed by atoms with E-state index in [9.17, 15) is 4.79 Å². The van der Waals surface area contributed by atoms with Gasteiger partial charge < -0.3 is 15.0 Å². The van der Waals surface area contributed by atoms with E-state index in [4.69, 9.17) is 4.74 Å². The molecule has 0 spiro atoms. The van der Waals surface area contributed by atoms with E-state index in [-0.39, 0.29) is 5.91 Å².